The van der Waals surface area contributed by atoms with E-state index >= 15 is 0 Å². The molecule has 160 valence electrons. The van der Waals surface area contributed by atoms with Crippen LogP contribution in [-0.4, -0.2) is 5.97 Å². The number of benzene rings is 3. The molecule has 0 unspecified atom stereocenters. The third kappa shape index (κ3) is 4.92. The van der Waals surface area contributed by atoms with Gasteiger partial charge in [0, 0.05) is 12.1 Å². The molecule has 3 aromatic carbocycles. The van der Waals surface area contributed by atoms with Gasteiger partial charge in [0.2, 0.25) is 11.2 Å². The average molecular weight is 430 g/mol. The van der Waals surface area contributed by atoms with Crippen LogP contribution in [0.15, 0.2) is 82.2 Å². The minimum absolute atomic E-state index is 0.0643. The van der Waals surface area contributed by atoms with Gasteiger partial charge in [-0.1, -0.05) is 18.2 Å². The molecule has 0 aliphatic carbocycles. The second-order valence-electron chi connectivity index (χ2n) is 7.32. The van der Waals surface area contributed by atoms with Crippen molar-refractivity contribution >= 4 is 23.0 Å². The van der Waals surface area contributed by atoms with Crippen LogP contribution >= 0.6 is 0 Å². The lowest BCUT2D eigenvalue weighted by molar-refractivity contribution is -0.128. The topological polar surface area (TPSA) is 65.7 Å². The lowest BCUT2D eigenvalue weighted by atomic mass is 10.1. The number of hydrogen-bond donors (Lipinski definition) is 0. The molecular weight excluding hydrogens is 411 g/mol. The van der Waals surface area contributed by atoms with Crippen molar-refractivity contribution < 1.29 is 23.1 Å². The molecule has 0 radical (unpaired) electrons. The molecule has 0 N–H and O–H groups in total. The lowest BCUT2D eigenvalue weighted by Crippen LogP contribution is -2.06. The van der Waals surface area contributed by atoms with E-state index in [1.54, 1.807) is 12.1 Å². The number of carbonyl (C=O) groups is 1. The van der Waals surface area contributed by atoms with Crippen LogP contribution in [0, 0.1) is 19.7 Å². The molecule has 0 amide bonds. The van der Waals surface area contributed by atoms with Crippen LogP contribution in [0.3, 0.4) is 0 Å². The summed E-state index contributed by atoms with van der Waals surface area (Å²) in [6.45, 7) is 3.89. The van der Waals surface area contributed by atoms with Crippen LogP contribution in [0.1, 0.15) is 16.7 Å². The summed E-state index contributed by atoms with van der Waals surface area (Å²) < 4.78 is 29.5. The molecule has 0 saturated heterocycles. The minimum atomic E-state index is -0.620. The third-order valence-electron chi connectivity index (χ3n) is 4.64. The predicted octanol–water partition coefficient (Wildman–Crippen LogP) is 5.96. The Bertz CT molecular complexity index is 1360. The molecule has 0 atom stereocenters. The van der Waals surface area contributed by atoms with Gasteiger partial charge in [-0.3, -0.25) is 4.79 Å². The first kappa shape index (κ1) is 21.1. The molecule has 5 nitrogen and oxygen atoms in total. The number of aryl methyl sites for hydroxylation is 2. The summed E-state index contributed by atoms with van der Waals surface area (Å²) in [5.74, 6) is -0.143. The van der Waals surface area contributed by atoms with E-state index in [2.05, 4.69) is 0 Å². The van der Waals surface area contributed by atoms with E-state index in [0.717, 1.165) is 11.1 Å². The van der Waals surface area contributed by atoms with E-state index in [-0.39, 0.29) is 28.3 Å². The number of hydrogen-bond acceptors (Lipinski definition) is 5. The first-order valence-corrected chi connectivity index (χ1v) is 9.84. The van der Waals surface area contributed by atoms with Gasteiger partial charge in [0.15, 0.2) is 0 Å². The zero-order chi connectivity index (χ0) is 22.7. The highest BCUT2D eigenvalue weighted by atomic mass is 19.1. The molecule has 6 heteroatoms. The van der Waals surface area contributed by atoms with Gasteiger partial charge >= 0.3 is 5.97 Å². The lowest BCUT2D eigenvalue weighted by Gasteiger charge is -2.08. The molecule has 1 heterocycles. The molecule has 32 heavy (non-hydrogen) atoms. The number of rotatable bonds is 5. The van der Waals surface area contributed by atoms with Crippen LogP contribution in [0.2, 0.25) is 0 Å². The van der Waals surface area contributed by atoms with Crippen LogP contribution in [0.25, 0.3) is 17.0 Å². The largest absolute Gasteiger partial charge is 0.460 e. The summed E-state index contributed by atoms with van der Waals surface area (Å²) in [6.07, 6.45) is 3.98. The Morgan fingerprint density at radius 3 is 2.38 bits per heavy atom. The summed E-state index contributed by atoms with van der Waals surface area (Å²) in [6, 6.07) is 15.8. The Morgan fingerprint density at radius 2 is 1.66 bits per heavy atom. The highest BCUT2D eigenvalue weighted by molar-refractivity contribution is 5.89. The maximum Gasteiger partial charge on any atom is 0.336 e. The van der Waals surface area contributed by atoms with Gasteiger partial charge in [0.05, 0.1) is 5.39 Å². The summed E-state index contributed by atoms with van der Waals surface area (Å²) >= 11 is 0. The van der Waals surface area contributed by atoms with Crippen molar-refractivity contribution in [1.29, 1.82) is 0 Å². The number of ether oxygens (including phenoxy) is 2. The SMILES string of the molecule is Cc1cc(C)cc(Oc2coc3cc(OC(=O)/C=C/c4ccc(F)cc4)ccc3c2=O)c1. The smallest absolute Gasteiger partial charge is 0.336 e. The van der Waals surface area contributed by atoms with Gasteiger partial charge in [-0.15, -0.1) is 0 Å². The van der Waals surface area contributed by atoms with E-state index in [4.69, 9.17) is 13.9 Å². The van der Waals surface area contributed by atoms with Crippen LogP contribution < -0.4 is 14.9 Å². The fourth-order valence-electron chi connectivity index (χ4n) is 3.23. The van der Waals surface area contributed by atoms with E-state index in [0.29, 0.717) is 16.7 Å². The van der Waals surface area contributed by atoms with Crippen molar-refractivity contribution in [2.24, 2.45) is 0 Å². The second-order valence-corrected chi connectivity index (χ2v) is 7.32. The molecule has 0 fully saturated rings. The van der Waals surface area contributed by atoms with Crippen molar-refractivity contribution in [3.05, 3.63) is 106 Å². The quantitative estimate of drug-likeness (QED) is 0.222. The number of esters is 1. The van der Waals surface area contributed by atoms with Crippen molar-refractivity contribution in [1.82, 2.24) is 0 Å². The Kier molecular flexibility index (Phi) is 5.85. The standard InChI is InChI=1S/C26H19FO5/c1-16-11-17(2)13-21(12-16)31-24-15-30-23-14-20(8-9-22(23)26(24)29)32-25(28)10-5-18-3-6-19(27)7-4-18/h3-15H,1-2H3/b10-5+. The highest BCUT2D eigenvalue weighted by Gasteiger charge is 2.12. The summed E-state index contributed by atoms with van der Waals surface area (Å²) in [5.41, 5.74) is 2.62. The van der Waals surface area contributed by atoms with Gasteiger partial charge in [0.1, 0.15) is 29.2 Å². The predicted molar refractivity (Wildman–Crippen MR) is 120 cm³/mol. The van der Waals surface area contributed by atoms with E-state index in [9.17, 15) is 14.0 Å². The molecule has 0 aliphatic heterocycles. The number of carbonyl (C=O) groups excluding carboxylic acids is 1. The summed E-state index contributed by atoms with van der Waals surface area (Å²) in [5, 5.41) is 0.300. The molecule has 4 rings (SSSR count). The number of fused-ring (bicyclic) bond motifs is 1. The van der Waals surface area contributed by atoms with Gasteiger partial charge in [-0.25, -0.2) is 9.18 Å². The molecule has 4 aromatic rings. The molecule has 0 spiro atoms. The molecular formula is C26H19FO5. The summed E-state index contributed by atoms with van der Waals surface area (Å²) in [4.78, 5) is 24.9. The maximum absolute atomic E-state index is 12.9. The maximum atomic E-state index is 12.9. The Balaban J connectivity index is 1.52. The fourth-order valence-corrected chi connectivity index (χ4v) is 3.23. The van der Waals surface area contributed by atoms with Gasteiger partial charge in [-0.2, -0.15) is 0 Å². The molecule has 0 aliphatic rings. The van der Waals surface area contributed by atoms with Crippen LogP contribution in [-0.2, 0) is 4.79 Å². The van der Waals surface area contributed by atoms with Crippen LogP contribution in [0.4, 0.5) is 4.39 Å². The van der Waals surface area contributed by atoms with Crippen molar-refractivity contribution in [3.63, 3.8) is 0 Å². The molecule has 1 aromatic heterocycles. The van der Waals surface area contributed by atoms with Gasteiger partial charge in [0.25, 0.3) is 0 Å². The van der Waals surface area contributed by atoms with E-state index in [1.165, 1.54) is 48.7 Å². The van der Waals surface area contributed by atoms with Crippen LogP contribution in [0.5, 0.6) is 17.2 Å². The fraction of sp³-hybridized carbons (Fsp3) is 0.0769. The van der Waals surface area contributed by atoms with Gasteiger partial charge < -0.3 is 13.9 Å². The zero-order valence-corrected chi connectivity index (χ0v) is 17.4. The van der Waals surface area contributed by atoms with E-state index < -0.39 is 5.97 Å². The number of halogens is 1. The molecule has 0 saturated carbocycles. The van der Waals surface area contributed by atoms with Crippen molar-refractivity contribution in [2.75, 3.05) is 0 Å². The van der Waals surface area contributed by atoms with Crippen molar-refractivity contribution in [3.8, 4) is 17.2 Å². The average Bonchev–Trinajstić information content (AvgIpc) is 2.75. The Morgan fingerprint density at radius 1 is 0.938 bits per heavy atom. The third-order valence-corrected chi connectivity index (χ3v) is 4.64. The first-order chi connectivity index (χ1) is 15.4. The first-order valence-electron chi connectivity index (χ1n) is 9.84. The highest BCUT2D eigenvalue weighted by Crippen LogP contribution is 2.25. The minimum Gasteiger partial charge on any atom is -0.460 e. The zero-order valence-electron chi connectivity index (χ0n) is 17.4. The van der Waals surface area contributed by atoms with Gasteiger partial charge in [-0.05, 0) is 73.0 Å². The second kappa shape index (κ2) is 8.89. The van der Waals surface area contributed by atoms with E-state index in [1.807, 2.05) is 32.0 Å². The Labute approximate surface area is 183 Å². The van der Waals surface area contributed by atoms with Crippen molar-refractivity contribution in [2.45, 2.75) is 13.8 Å². The molecule has 0 bridgehead atoms. The Hall–Kier alpha value is -4.19. The summed E-state index contributed by atoms with van der Waals surface area (Å²) in [7, 11) is 0. The normalized spacial score (nSPS) is 11.1. The monoisotopic (exact) mass is 430 g/mol.